The van der Waals surface area contributed by atoms with Crippen LogP contribution in [0.2, 0.25) is 10.0 Å². The highest BCUT2D eigenvalue weighted by atomic mass is 79.9. The van der Waals surface area contributed by atoms with Gasteiger partial charge in [0, 0.05) is 38.8 Å². The second-order valence-corrected chi connectivity index (χ2v) is 8.51. The summed E-state index contributed by atoms with van der Waals surface area (Å²) in [5, 5.41) is 7.45. The van der Waals surface area contributed by atoms with Gasteiger partial charge in [-0.2, -0.15) is 5.10 Å². The minimum atomic E-state index is -0.861. The van der Waals surface area contributed by atoms with Crippen LogP contribution in [0.25, 0.3) is 0 Å². The van der Waals surface area contributed by atoms with Crippen LogP contribution < -0.4 is 15.5 Å². The fourth-order valence-corrected chi connectivity index (χ4v) is 3.69. The fraction of sp³-hybridized carbons (Fsp3) is 0.286. The van der Waals surface area contributed by atoms with E-state index in [1.165, 1.54) is 6.21 Å². The van der Waals surface area contributed by atoms with Crippen LogP contribution in [0, 0.1) is 0 Å². The maximum atomic E-state index is 11.9. The summed E-state index contributed by atoms with van der Waals surface area (Å²) < 4.78 is 12.1. The summed E-state index contributed by atoms with van der Waals surface area (Å²) >= 11 is 15.5. The van der Waals surface area contributed by atoms with Crippen molar-refractivity contribution in [2.75, 3.05) is 13.2 Å². The Morgan fingerprint density at radius 1 is 1.23 bits per heavy atom. The van der Waals surface area contributed by atoms with Crippen LogP contribution in [0.3, 0.4) is 0 Å². The van der Waals surface area contributed by atoms with Crippen LogP contribution in [0.1, 0.15) is 24.0 Å². The van der Waals surface area contributed by atoms with Gasteiger partial charge in [-0.1, -0.05) is 45.2 Å². The first-order valence-electron chi connectivity index (χ1n) is 9.51. The van der Waals surface area contributed by atoms with Crippen molar-refractivity contribution in [2.24, 2.45) is 5.10 Å². The Kier molecular flexibility index (Phi) is 8.71. The number of hydrogen-bond donors (Lipinski definition) is 2. The maximum absolute atomic E-state index is 11.9. The molecule has 1 aliphatic heterocycles. The summed E-state index contributed by atoms with van der Waals surface area (Å²) in [6.07, 6.45) is 3.18. The number of benzene rings is 2. The van der Waals surface area contributed by atoms with E-state index in [9.17, 15) is 9.59 Å². The lowest BCUT2D eigenvalue weighted by Crippen LogP contribution is -2.41. The van der Waals surface area contributed by atoms with E-state index in [0.29, 0.717) is 34.5 Å². The first-order chi connectivity index (χ1) is 14.9. The van der Waals surface area contributed by atoms with Gasteiger partial charge >= 0.3 is 11.8 Å². The summed E-state index contributed by atoms with van der Waals surface area (Å²) in [6, 6.07) is 10.5. The maximum Gasteiger partial charge on any atom is 0.329 e. The van der Waals surface area contributed by atoms with Crippen LogP contribution in [0.15, 0.2) is 46.0 Å². The average molecular weight is 529 g/mol. The molecule has 0 aromatic heterocycles. The second kappa shape index (κ2) is 11.5. The zero-order chi connectivity index (χ0) is 22.2. The lowest BCUT2D eigenvalue weighted by atomic mass is 10.2. The number of nitrogens with one attached hydrogen (secondary N) is 2. The van der Waals surface area contributed by atoms with Crippen LogP contribution in [-0.4, -0.2) is 37.3 Å². The number of hydrogen-bond acceptors (Lipinski definition) is 5. The van der Waals surface area contributed by atoms with E-state index < -0.39 is 11.8 Å². The van der Waals surface area contributed by atoms with Crippen molar-refractivity contribution in [3.05, 3.63) is 62.0 Å². The molecule has 2 amide bonds. The van der Waals surface area contributed by atoms with Gasteiger partial charge in [-0.3, -0.25) is 9.59 Å². The quantitative estimate of drug-likeness (QED) is 0.322. The largest absolute Gasteiger partial charge is 0.488 e. The lowest BCUT2D eigenvalue weighted by Gasteiger charge is -2.11. The molecular formula is C21H20BrCl2N3O4. The van der Waals surface area contributed by atoms with Crippen LogP contribution in [-0.2, 0) is 20.9 Å². The molecule has 0 radical (unpaired) electrons. The van der Waals surface area contributed by atoms with Gasteiger partial charge in [0.2, 0.25) is 0 Å². The molecule has 10 heteroatoms. The minimum Gasteiger partial charge on any atom is -0.488 e. The first kappa shape index (κ1) is 23.5. The van der Waals surface area contributed by atoms with E-state index >= 15 is 0 Å². The molecular weight excluding hydrogens is 509 g/mol. The van der Waals surface area contributed by atoms with Gasteiger partial charge in [0.05, 0.1) is 12.3 Å². The Bertz CT molecular complexity index is 981. The fourth-order valence-electron chi connectivity index (χ4n) is 2.85. The highest BCUT2D eigenvalue weighted by Gasteiger charge is 2.19. The molecule has 1 saturated heterocycles. The number of hydrazone groups is 1. The molecule has 0 bridgehead atoms. The summed E-state index contributed by atoms with van der Waals surface area (Å²) in [6.45, 7) is 1.20. The average Bonchev–Trinajstić information content (AvgIpc) is 3.26. The van der Waals surface area contributed by atoms with E-state index in [4.69, 9.17) is 32.7 Å². The smallest absolute Gasteiger partial charge is 0.329 e. The molecule has 0 spiro atoms. The summed E-state index contributed by atoms with van der Waals surface area (Å²) in [7, 11) is 0. The lowest BCUT2D eigenvalue weighted by molar-refractivity contribution is -0.139. The highest BCUT2D eigenvalue weighted by molar-refractivity contribution is 9.10. The van der Waals surface area contributed by atoms with Crippen molar-refractivity contribution in [2.45, 2.75) is 25.6 Å². The number of rotatable bonds is 7. The topological polar surface area (TPSA) is 89.0 Å². The van der Waals surface area contributed by atoms with Gasteiger partial charge in [0.15, 0.2) is 0 Å². The first-order valence-corrected chi connectivity index (χ1v) is 11.1. The zero-order valence-corrected chi connectivity index (χ0v) is 19.5. The highest BCUT2D eigenvalue weighted by Crippen LogP contribution is 2.25. The Morgan fingerprint density at radius 2 is 2.06 bits per heavy atom. The van der Waals surface area contributed by atoms with E-state index in [-0.39, 0.29) is 12.7 Å². The Labute approximate surface area is 198 Å². The minimum absolute atomic E-state index is 0.0456. The van der Waals surface area contributed by atoms with Crippen molar-refractivity contribution in [3.63, 3.8) is 0 Å². The number of carbonyl (C=O) groups is 2. The third-order valence-electron chi connectivity index (χ3n) is 4.46. The number of nitrogens with zero attached hydrogens (tertiary/aromatic N) is 1. The molecule has 3 rings (SSSR count). The van der Waals surface area contributed by atoms with Gasteiger partial charge < -0.3 is 14.8 Å². The third-order valence-corrected chi connectivity index (χ3v) is 5.54. The van der Waals surface area contributed by atoms with Crippen molar-refractivity contribution >= 4 is 57.2 Å². The van der Waals surface area contributed by atoms with Crippen LogP contribution in [0.5, 0.6) is 5.75 Å². The third kappa shape index (κ3) is 7.21. The molecule has 0 saturated carbocycles. The number of halogens is 3. The van der Waals surface area contributed by atoms with Gasteiger partial charge in [-0.25, -0.2) is 5.43 Å². The van der Waals surface area contributed by atoms with Crippen molar-refractivity contribution in [1.29, 1.82) is 0 Å². The molecule has 2 aromatic carbocycles. The van der Waals surface area contributed by atoms with Crippen LogP contribution >= 0.6 is 39.1 Å². The summed E-state index contributed by atoms with van der Waals surface area (Å²) in [5.74, 6) is -1.11. The Balaban J connectivity index is 1.57. The van der Waals surface area contributed by atoms with Gasteiger partial charge in [-0.05, 0) is 43.2 Å². The standard InChI is InChI=1S/C21H20BrCl2N3O4/c22-15-4-6-19(31-12-13-3-5-16(23)9-18(13)24)14(8-15)10-26-27-21(29)20(28)25-11-17-2-1-7-30-17/h3-6,8-10,17H,1-2,7,11-12H2,(H,25,28)(H,27,29)/b26-10-/t17-/m0/s1. The van der Waals surface area contributed by atoms with E-state index in [2.05, 4.69) is 31.8 Å². The van der Waals surface area contributed by atoms with Gasteiger partial charge in [0.25, 0.3) is 0 Å². The molecule has 0 aliphatic carbocycles. The normalized spacial score (nSPS) is 15.8. The molecule has 1 heterocycles. The van der Waals surface area contributed by atoms with E-state index in [0.717, 1.165) is 22.9 Å². The molecule has 7 nitrogen and oxygen atoms in total. The molecule has 31 heavy (non-hydrogen) atoms. The Hall–Kier alpha value is -2.13. The van der Waals surface area contributed by atoms with Gasteiger partial charge in [-0.15, -0.1) is 0 Å². The van der Waals surface area contributed by atoms with Crippen LogP contribution in [0.4, 0.5) is 0 Å². The molecule has 0 unspecified atom stereocenters. The zero-order valence-electron chi connectivity index (χ0n) is 16.4. The molecule has 1 atom stereocenters. The number of ether oxygens (including phenoxy) is 2. The second-order valence-electron chi connectivity index (χ2n) is 6.75. The van der Waals surface area contributed by atoms with Crippen molar-refractivity contribution < 1.29 is 19.1 Å². The van der Waals surface area contributed by atoms with E-state index in [1.807, 2.05) is 6.07 Å². The predicted octanol–water partition coefficient (Wildman–Crippen LogP) is 4.08. The molecule has 2 N–H and O–H groups in total. The Morgan fingerprint density at radius 3 is 2.81 bits per heavy atom. The molecule has 1 aliphatic rings. The molecule has 164 valence electrons. The molecule has 2 aromatic rings. The summed E-state index contributed by atoms with van der Waals surface area (Å²) in [5.41, 5.74) is 3.58. The summed E-state index contributed by atoms with van der Waals surface area (Å²) in [4.78, 5) is 23.8. The monoisotopic (exact) mass is 527 g/mol. The SMILES string of the molecule is O=C(NC[C@@H]1CCCO1)C(=O)N/N=C\c1cc(Br)ccc1OCc1ccc(Cl)cc1Cl. The van der Waals surface area contributed by atoms with Crippen molar-refractivity contribution in [3.8, 4) is 5.75 Å². The predicted molar refractivity (Wildman–Crippen MR) is 123 cm³/mol. The number of carbonyl (C=O) groups excluding carboxylic acids is 2. The van der Waals surface area contributed by atoms with Gasteiger partial charge in [0.1, 0.15) is 12.4 Å². The van der Waals surface area contributed by atoms with Crippen molar-refractivity contribution in [1.82, 2.24) is 10.7 Å². The molecule has 1 fully saturated rings. The van der Waals surface area contributed by atoms with E-state index in [1.54, 1.807) is 30.3 Å². The number of amides is 2.